The van der Waals surface area contributed by atoms with Crippen molar-refractivity contribution in [3.63, 3.8) is 0 Å². The molecular formula is C19H25NO3S. The van der Waals surface area contributed by atoms with Crippen molar-refractivity contribution in [2.45, 2.75) is 39.0 Å². The van der Waals surface area contributed by atoms with Gasteiger partial charge in [0.1, 0.15) is 0 Å². The Morgan fingerprint density at radius 3 is 2.25 bits per heavy atom. The fraction of sp³-hybridized carbons (Fsp3) is 0.421. The van der Waals surface area contributed by atoms with Crippen molar-refractivity contribution >= 4 is 15.6 Å². The second kappa shape index (κ2) is 6.55. The molecule has 2 rings (SSSR count). The first-order valence-electron chi connectivity index (χ1n) is 7.96. The van der Waals surface area contributed by atoms with Crippen LogP contribution >= 0.6 is 0 Å². The normalized spacial score (nSPS) is 18.5. The topological polar surface area (TPSA) is 63.2 Å². The number of benzene rings is 1. The molecule has 1 N–H and O–H groups in total. The van der Waals surface area contributed by atoms with E-state index >= 15 is 0 Å². The number of Topliss-reactive ketones (excluding diaryl/α,β-unsaturated/α-hetero) is 1. The molecule has 1 unspecified atom stereocenters. The van der Waals surface area contributed by atoms with Crippen molar-refractivity contribution in [3.8, 4) is 0 Å². The zero-order chi connectivity index (χ0) is 18.1. The first-order valence-corrected chi connectivity index (χ1v) is 9.85. The van der Waals surface area contributed by atoms with Crippen LogP contribution in [0.15, 0.2) is 52.7 Å². The Balaban J connectivity index is 2.20. The Kier molecular flexibility index (Phi) is 5.04. The number of dihydropyridines is 1. The highest BCUT2D eigenvalue weighted by atomic mass is 32.2. The molecule has 1 aromatic rings. The highest BCUT2D eigenvalue weighted by Gasteiger charge is 2.31. The van der Waals surface area contributed by atoms with Gasteiger partial charge < -0.3 is 5.32 Å². The van der Waals surface area contributed by atoms with E-state index in [2.05, 4.69) is 32.2 Å². The lowest BCUT2D eigenvalue weighted by Gasteiger charge is -2.33. The van der Waals surface area contributed by atoms with Crippen LogP contribution in [-0.4, -0.2) is 20.5 Å². The maximum atomic E-state index is 12.8. The zero-order valence-corrected chi connectivity index (χ0v) is 15.7. The molecule has 0 spiro atoms. The molecule has 0 aliphatic carbocycles. The van der Waals surface area contributed by atoms with Crippen molar-refractivity contribution < 1.29 is 13.2 Å². The maximum Gasteiger partial charge on any atom is 0.175 e. The quantitative estimate of drug-likeness (QED) is 0.908. The van der Waals surface area contributed by atoms with E-state index in [0.29, 0.717) is 0 Å². The molecule has 5 heteroatoms. The smallest absolute Gasteiger partial charge is 0.175 e. The van der Waals surface area contributed by atoms with Crippen LogP contribution in [0.5, 0.6) is 0 Å². The van der Waals surface area contributed by atoms with Crippen LogP contribution in [0, 0.1) is 11.3 Å². The van der Waals surface area contributed by atoms with E-state index in [1.807, 2.05) is 6.92 Å². The number of carbonyl (C=O) groups excluding carboxylic acids is 1. The van der Waals surface area contributed by atoms with E-state index in [1.165, 1.54) is 6.26 Å². The number of rotatable bonds is 4. The monoisotopic (exact) mass is 347 g/mol. The molecule has 130 valence electrons. The maximum absolute atomic E-state index is 12.8. The van der Waals surface area contributed by atoms with Crippen LogP contribution < -0.4 is 5.32 Å². The van der Waals surface area contributed by atoms with Gasteiger partial charge in [-0.25, -0.2) is 8.42 Å². The van der Waals surface area contributed by atoms with E-state index < -0.39 is 9.84 Å². The summed E-state index contributed by atoms with van der Waals surface area (Å²) in [6, 6.07) is 6.52. The Hall–Kier alpha value is -1.88. The van der Waals surface area contributed by atoms with Gasteiger partial charge in [-0.2, -0.15) is 0 Å². The standard InChI is InChI=1S/C19H25NO3S/c1-13-10-17(19(2,3)4)16(12-20-13)18(21)11-14-6-8-15(9-7-14)24(5,22)23/h6-10,12,17,20H,11H2,1-5H3. The number of ketones is 1. The summed E-state index contributed by atoms with van der Waals surface area (Å²) in [5.74, 6) is 0.111. The van der Waals surface area contributed by atoms with Gasteiger partial charge in [-0.05, 0) is 30.0 Å². The SMILES string of the molecule is CC1=CC(C(C)(C)C)C(C(=O)Cc2ccc(S(C)(=O)=O)cc2)=CN1. The van der Waals surface area contributed by atoms with Gasteiger partial charge in [0.25, 0.3) is 0 Å². The van der Waals surface area contributed by atoms with Crippen molar-refractivity contribution in [2.24, 2.45) is 11.3 Å². The third-order valence-electron chi connectivity index (χ3n) is 4.18. The highest BCUT2D eigenvalue weighted by Crippen LogP contribution is 2.36. The minimum Gasteiger partial charge on any atom is -0.365 e. The Labute approximate surface area is 144 Å². The van der Waals surface area contributed by atoms with Crippen LogP contribution in [-0.2, 0) is 21.1 Å². The van der Waals surface area contributed by atoms with Crippen LogP contribution in [0.2, 0.25) is 0 Å². The summed E-state index contributed by atoms with van der Waals surface area (Å²) in [6.45, 7) is 8.35. The summed E-state index contributed by atoms with van der Waals surface area (Å²) in [4.78, 5) is 13.0. The summed E-state index contributed by atoms with van der Waals surface area (Å²) in [5.41, 5.74) is 2.57. The molecule has 1 aliphatic heterocycles. The van der Waals surface area contributed by atoms with Gasteiger partial charge >= 0.3 is 0 Å². The number of carbonyl (C=O) groups is 1. The van der Waals surface area contributed by atoms with E-state index in [4.69, 9.17) is 0 Å². The molecule has 0 saturated heterocycles. The van der Waals surface area contributed by atoms with E-state index in [-0.39, 0.29) is 28.4 Å². The summed E-state index contributed by atoms with van der Waals surface area (Å²) in [7, 11) is -3.22. The number of allylic oxidation sites excluding steroid dienone is 3. The Morgan fingerprint density at radius 2 is 1.75 bits per heavy atom. The highest BCUT2D eigenvalue weighted by molar-refractivity contribution is 7.90. The van der Waals surface area contributed by atoms with Crippen molar-refractivity contribution in [1.82, 2.24) is 5.32 Å². The second-order valence-corrected chi connectivity index (χ2v) is 9.47. The summed E-state index contributed by atoms with van der Waals surface area (Å²) in [6.07, 6.45) is 5.34. The summed E-state index contributed by atoms with van der Waals surface area (Å²) in [5, 5.41) is 3.13. The van der Waals surface area contributed by atoms with Gasteiger partial charge in [-0.3, -0.25) is 4.79 Å². The molecule has 1 aromatic carbocycles. The number of hydrogen-bond donors (Lipinski definition) is 1. The molecule has 0 saturated carbocycles. The Morgan fingerprint density at radius 1 is 1.17 bits per heavy atom. The van der Waals surface area contributed by atoms with Crippen LogP contribution in [0.1, 0.15) is 33.3 Å². The van der Waals surface area contributed by atoms with Gasteiger partial charge in [-0.15, -0.1) is 0 Å². The largest absolute Gasteiger partial charge is 0.365 e. The fourth-order valence-corrected chi connectivity index (χ4v) is 3.41. The molecule has 0 radical (unpaired) electrons. The minimum atomic E-state index is -3.22. The molecular weight excluding hydrogens is 322 g/mol. The van der Waals surface area contributed by atoms with Crippen molar-refractivity contribution in [3.05, 3.63) is 53.4 Å². The third-order valence-corrected chi connectivity index (χ3v) is 5.31. The molecule has 1 aliphatic rings. The fourth-order valence-electron chi connectivity index (χ4n) is 2.78. The molecule has 24 heavy (non-hydrogen) atoms. The molecule has 0 bridgehead atoms. The minimum absolute atomic E-state index is 0.0506. The van der Waals surface area contributed by atoms with Gasteiger partial charge in [0.2, 0.25) is 0 Å². The molecule has 0 amide bonds. The number of sulfone groups is 1. The van der Waals surface area contributed by atoms with Gasteiger partial charge in [-0.1, -0.05) is 39.0 Å². The average Bonchev–Trinajstić information content (AvgIpc) is 2.45. The molecule has 1 atom stereocenters. The number of nitrogens with one attached hydrogen (secondary N) is 1. The molecule has 0 fully saturated rings. The summed E-state index contributed by atoms with van der Waals surface area (Å²) < 4.78 is 23.0. The zero-order valence-electron chi connectivity index (χ0n) is 14.9. The van der Waals surface area contributed by atoms with Crippen LogP contribution in [0.4, 0.5) is 0 Å². The lowest BCUT2D eigenvalue weighted by atomic mass is 9.73. The summed E-state index contributed by atoms with van der Waals surface area (Å²) >= 11 is 0. The van der Waals surface area contributed by atoms with Crippen molar-refractivity contribution in [2.75, 3.05) is 6.26 Å². The lowest BCUT2D eigenvalue weighted by Crippen LogP contribution is -2.30. The van der Waals surface area contributed by atoms with E-state index in [0.717, 1.165) is 16.8 Å². The van der Waals surface area contributed by atoms with Crippen LogP contribution in [0.25, 0.3) is 0 Å². The predicted molar refractivity (Wildman–Crippen MR) is 96.2 cm³/mol. The van der Waals surface area contributed by atoms with E-state index in [1.54, 1.807) is 30.5 Å². The molecule has 4 nitrogen and oxygen atoms in total. The van der Waals surface area contributed by atoms with Gasteiger partial charge in [0, 0.05) is 36.1 Å². The van der Waals surface area contributed by atoms with Gasteiger partial charge in [0.05, 0.1) is 4.90 Å². The third kappa shape index (κ3) is 4.35. The lowest BCUT2D eigenvalue weighted by molar-refractivity contribution is -0.115. The molecule has 0 aromatic heterocycles. The Bertz CT molecular complexity index is 794. The van der Waals surface area contributed by atoms with E-state index in [9.17, 15) is 13.2 Å². The average molecular weight is 347 g/mol. The number of hydrogen-bond acceptors (Lipinski definition) is 4. The molecule has 1 heterocycles. The van der Waals surface area contributed by atoms with Crippen LogP contribution in [0.3, 0.4) is 0 Å². The first-order chi connectivity index (χ1) is 11.0. The predicted octanol–water partition coefficient (Wildman–Crippen LogP) is 3.25. The first kappa shape index (κ1) is 18.5. The second-order valence-electron chi connectivity index (χ2n) is 7.45. The van der Waals surface area contributed by atoms with Crippen molar-refractivity contribution in [1.29, 1.82) is 0 Å². The van der Waals surface area contributed by atoms with Gasteiger partial charge in [0.15, 0.2) is 15.6 Å².